The van der Waals surface area contributed by atoms with E-state index in [1.807, 2.05) is 18.7 Å². The van der Waals surface area contributed by atoms with Crippen molar-refractivity contribution in [1.29, 1.82) is 0 Å². The van der Waals surface area contributed by atoms with Crippen LogP contribution in [0.25, 0.3) is 0 Å². The molecule has 110 valence electrons. The molecule has 0 spiro atoms. The van der Waals surface area contributed by atoms with Crippen molar-refractivity contribution in [2.75, 3.05) is 13.1 Å². The first kappa shape index (κ1) is 15.8. The van der Waals surface area contributed by atoms with E-state index >= 15 is 0 Å². The Labute approximate surface area is 115 Å². The average molecular weight is 270 g/mol. The molecule has 2 amide bonds. The maximum absolute atomic E-state index is 12.1. The molecule has 5 nitrogen and oxygen atoms in total. The Kier molecular flexibility index (Phi) is 5.63. The maximum atomic E-state index is 12.1. The first-order valence-corrected chi connectivity index (χ1v) is 7.28. The molecule has 0 aromatic carbocycles. The van der Waals surface area contributed by atoms with Gasteiger partial charge < -0.3 is 15.3 Å². The third-order valence-electron chi connectivity index (χ3n) is 4.49. The minimum Gasteiger partial charge on any atom is -0.481 e. The smallest absolute Gasteiger partial charge is 0.317 e. The van der Waals surface area contributed by atoms with Gasteiger partial charge in [0.25, 0.3) is 0 Å². The number of carboxylic acids is 1. The number of carbonyl (C=O) groups excluding carboxylic acids is 1. The second-order valence-electron chi connectivity index (χ2n) is 5.35. The molecule has 1 aliphatic rings. The predicted molar refractivity (Wildman–Crippen MR) is 74.1 cm³/mol. The lowest BCUT2D eigenvalue weighted by Gasteiger charge is -2.30. The number of amides is 2. The number of likely N-dealkylation sites (tertiary alicyclic amines) is 1. The number of hydrogen-bond acceptors (Lipinski definition) is 2. The van der Waals surface area contributed by atoms with Gasteiger partial charge in [0, 0.05) is 19.1 Å². The maximum Gasteiger partial charge on any atom is 0.317 e. The zero-order valence-electron chi connectivity index (χ0n) is 12.2. The van der Waals surface area contributed by atoms with Crippen LogP contribution in [-0.2, 0) is 4.79 Å². The molecule has 1 aliphatic heterocycles. The fourth-order valence-electron chi connectivity index (χ4n) is 2.75. The summed E-state index contributed by atoms with van der Waals surface area (Å²) in [5, 5.41) is 12.2. The third-order valence-corrected chi connectivity index (χ3v) is 4.49. The molecule has 1 saturated heterocycles. The monoisotopic (exact) mass is 270 g/mol. The fraction of sp³-hybridized carbons (Fsp3) is 0.857. The van der Waals surface area contributed by atoms with Crippen LogP contribution in [0, 0.1) is 5.41 Å². The number of rotatable bonds is 6. The van der Waals surface area contributed by atoms with Crippen molar-refractivity contribution < 1.29 is 14.7 Å². The summed E-state index contributed by atoms with van der Waals surface area (Å²) in [4.78, 5) is 25.4. The van der Waals surface area contributed by atoms with Crippen LogP contribution in [0.3, 0.4) is 0 Å². The van der Waals surface area contributed by atoms with E-state index in [2.05, 4.69) is 12.2 Å². The van der Waals surface area contributed by atoms with Gasteiger partial charge in [-0.2, -0.15) is 0 Å². The van der Waals surface area contributed by atoms with Crippen LogP contribution < -0.4 is 5.32 Å². The van der Waals surface area contributed by atoms with Gasteiger partial charge >= 0.3 is 12.0 Å². The Hall–Kier alpha value is -1.26. The highest BCUT2D eigenvalue weighted by molar-refractivity contribution is 5.78. The van der Waals surface area contributed by atoms with Gasteiger partial charge in [-0.15, -0.1) is 0 Å². The van der Waals surface area contributed by atoms with Crippen molar-refractivity contribution in [3.8, 4) is 0 Å². The van der Waals surface area contributed by atoms with Gasteiger partial charge in [-0.25, -0.2) is 4.79 Å². The van der Waals surface area contributed by atoms with Gasteiger partial charge in [0.1, 0.15) is 0 Å². The van der Waals surface area contributed by atoms with Gasteiger partial charge in [0.05, 0.1) is 5.41 Å². The number of carboxylic acid groups (broad SMARTS) is 1. The average Bonchev–Trinajstić information content (AvgIpc) is 2.88. The molecule has 5 heteroatoms. The van der Waals surface area contributed by atoms with Crippen molar-refractivity contribution in [1.82, 2.24) is 10.2 Å². The van der Waals surface area contributed by atoms with E-state index in [0.29, 0.717) is 18.9 Å². The molecule has 0 aromatic heterocycles. The quantitative estimate of drug-likeness (QED) is 0.779. The highest BCUT2D eigenvalue weighted by atomic mass is 16.4. The van der Waals surface area contributed by atoms with Gasteiger partial charge in [-0.3, -0.25) is 4.79 Å². The number of urea groups is 1. The number of aliphatic carboxylic acids is 1. The summed E-state index contributed by atoms with van der Waals surface area (Å²) < 4.78 is 0. The molecule has 0 radical (unpaired) electrons. The summed E-state index contributed by atoms with van der Waals surface area (Å²) >= 11 is 0. The lowest BCUT2D eigenvalue weighted by molar-refractivity contribution is -0.149. The van der Waals surface area contributed by atoms with Crippen LogP contribution in [0.4, 0.5) is 4.79 Å². The molecular formula is C14H26N2O3. The molecule has 0 saturated carbocycles. The normalized spacial score (nSPS) is 19.5. The largest absolute Gasteiger partial charge is 0.481 e. The second kappa shape index (κ2) is 6.78. The molecule has 2 N–H and O–H groups in total. The minimum absolute atomic E-state index is 0.114. The molecule has 1 unspecified atom stereocenters. The molecule has 0 aliphatic carbocycles. The number of hydrogen-bond donors (Lipinski definition) is 2. The minimum atomic E-state index is -0.836. The third kappa shape index (κ3) is 3.39. The van der Waals surface area contributed by atoms with E-state index < -0.39 is 11.4 Å². The van der Waals surface area contributed by atoms with Gasteiger partial charge in [0.15, 0.2) is 0 Å². The fourth-order valence-corrected chi connectivity index (χ4v) is 2.75. The highest BCUT2D eigenvalue weighted by Gasteiger charge is 2.36. The van der Waals surface area contributed by atoms with E-state index in [1.165, 1.54) is 0 Å². The standard InChI is InChI=1S/C14H26N2O3/c1-4-11-8-7-9-16(11)13(19)15-10-14(5-2,6-3)12(17)18/h11H,4-10H2,1-3H3,(H,15,19)(H,17,18). The Bertz CT molecular complexity index is 327. The summed E-state index contributed by atoms with van der Waals surface area (Å²) in [7, 11) is 0. The summed E-state index contributed by atoms with van der Waals surface area (Å²) in [5.74, 6) is -0.828. The van der Waals surface area contributed by atoms with Crippen molar-refractivity contribution in [2.45, 2.75) is 58.9 Å². The molecule has 19 heavy (non-hydrogen) atoms. The second-order valence-corrected chi connectivity index (χ2v) is 5.35. The summed E-state index contributed by atoms with van der Waals surface area (Å²) in [6.45, 7) is 6.78. The molecule has 0 aromatic rings. The van der Waals surface area contributed by atoms with Gasteiger partial charge in [-0.05, 0) is 32.1 Å². The summed E-state index contributed by atoms with van der Waals surface area (Å²) in [6, 6.07) is 0.194. The van der Waals surface area contributed by atoms with E-state index in [0.717, 1.165) is 25.8 Å². The molecule has 0 bridgehead atoms. The van der Waals surface area contributed by atoms with E-state index in [-0.39, 0.29) is 12.6 Å². The van der Waals surface area contributed by atoms with Gasteiger partial charge in [0.2, 0.25) is 0 Å². The van der Waals surface area contributed by atoms with Crippen molar-refractivity contribution in [3.63, 3.8) is 0 Å². The molecule has 1 fully saturated rings. The number of nitrogens with one attached hydrogen (secondary N) is 1. The van der Waals surface area contributed by atoms with Gasteiger partial charge in [-0.1, -0.05) is 20.8 Å². The predicted octanol–water partition coefficient (Wildman–Crippen LogP) is 2.46. The Morgan fingerprint density at radius 1 is 1.32 bits per heavy atom. The van der Waals surface area contributed by atoms with Crippen LogP contribution in [-0.4, -0.2) is 41.1 Å². The summed E-state index contributed by atoms with van der Waals surface area (Å²) in [5.41, 5.74) is -0.836. The Morgan fingerprint density at radius 2 is 1.95 bits per heavy atom. The van der Waals surface area contributed by atoms with Crippen molar-refractivity contribution in [3.05, 3.63) is 0 Å². The SMILES string of the molecule is CCC1CCCN1C(=O)NCC(CC)(CC)C(=O)O. The molecule has 1 heterocycles. The number of carbonyl (C=O) groups is 2. The van der Waals surface area contributed by atoms with Crippen LogP contribution in [0.5, 0.6) is 0 Å². The number of nitrogens with zero attached hydrogens (tertiary/aromatic N) is 1. The molecular weight excluding hydrogens is 244 g/mol. The van der Waals surface area contributed by atoms with E-state index in [9.17, 15) is 14.7 Å². The molecule has 1 rings (SSSR count). The first-order valence-electron chi connectivity index (χ1n) is 7.28. The Morgan fingerprint density at radius 3 is 2.42 bits per heavy atom. The van der Waals surface area contributed by atoms with Crippen LogP contribution in [0.15, 0.2) is 0 Å². The molecule has 1 atom stereocenters. The summed E-state index contributed by atoms with van der Waals surface area (Å²) in [6.07, 6.45) is 4.10. The van der Waals surface area contributed by atoms with E-state index in [1.54, 1.807) is 0 Å². The van der Waals surface area contributed by atoms with E-state index in [4.69, 9.17) is 0 Å². The lowest BCUT2D eigenvalue weighted by atomic mass is 9.82. The Balaban J connectivity index is 2.59. The van der Waals surface area contributed by atoms with Crippen molar-refractivity contribution >= 4 is 12.0 Å². The zero-order valence-corrected chi connectivity index (χ0v) is 12.2. The lowest BCUT2D eigenvalue weighted by Crippen LogP contribution is -2.48. The van der Waals surface area contributed by atoms with Crippen LogP contribution >= 0.6 is 0 Å². The van der Waals surface area contributed by atoms with Crippen LogP contribution in [0.1, 0.15) is 52.9 Å². The zero-order chi connectivity index (χ0) is 14.5. The highest BCUT2D eigenvalue weighted by Crippen LogP contribution is 2.26. The van der Waals surface area contributed by atoms with Crippen LogP contribution in [0.2, 0.25) is 0 Å². The first-order chi connectivity index (χ1) is 9.00. The topological polar surface area (TPSA) is 69.6 Å². The van der Waals surface area contributed by atoms with Crippen molar-refractivity contribution in [2.24, 2.45) is 5.41 Å².